The van der Waals surface area contributed by atoms with Gasteiger partial charge >= 0.3 is 5.97 Å². The maximum absolute atomic E-state index is 13.1. The van der Waals surface area contributed by atoms with E-state index < -0.39 is 39.2 Å². The van der Waals surface area contributed by atoms with Crippen LogP contribution in [0.5, 0.6) is 0 Å². The predicted octanol–water partition coefficient (Wildman–Crippen LogP) is 1.03. The van der Waals surface area contributed by atoms with Crippen LogP contribution in [-0.2, 0) is 16.0 Å². The molecule has 1 heterocycles. The number of carboxylic acid groups (broad SMARTS) is 1. The van der Waals surface area contributed by atoms with E-state index in [4.69, 9.17) is 5.11 Å². The van der Waals surface area contributed by atoms with E-state index in [1.165, 1.54) is 19.1 Å². The number of rotatable bonds is 3. The molecule has 1 aliphatic heterocycles. The van der Waals surface area contributed by atoms with Gasteiger partial charge in [0.25, 0.3) is 0 Å². The average molecular weight is 285 g/mol. The van der Waals surface area contributed by atoms with E-state index >= 15 is 0 Å². The molecule has 7 heteroatoms. The van der Waals surface area contributed by atoms with Crippen molar-refractivity contribution in [3.63, 3.8) is 0 Å². The standard InChI is InChI=1S/C12H12FNO4S/c1-12(19(18)5-10(15)16)6-14-9-4-7(13)2-3-8(9)11(12)17/h2-4,14H,5-6H2,1H3,(H,15,16). The number of hydrogen-bond acceptors (Lipinski definition) is 4. The van der Waals surface area contributed by atoms with E-state index in [-0.39, 0.29) is 12.1 Å². The van der Waals surface area contributed by atoms with Crippen LogP contribution in [0.4, 0.5) is 10.1 Å². The first-order valence-corrected chi connectivity index (χ1v) is 6.85. The number of anilines is 1. The summed E-state index contributed by atoms with van der Waals surface area (Å²) in [5.41, 5.74) is 0.573. The molecule has 1 aromatic rings. The molecule has 0 spiro atoms. The van der Waals surface area contributed by atoms with Crippen molar-refractivity contribution < 1.29 is 23.6 Å². The summed E-state index contributed by atoms with van der Waals surface area (Å²) in [6, 6.07) is 3.65. The summed E-state index contributed by atoms with van der Waals surface area (Å²) in [7, 11) is 0. The molecule has 1 aliphatic rings. The third kappa shape index (κ3) is 2.43. The Hall–Kier alpha value is -1.60. The number of aliphatic carboxylic acids is 1. The number of carboxylic acids is 1. The molecule has 5 nitrogen and oxygen atoms in total. The fourth-order valence-electron chi connectivity index (χ4n) is 1.95. The topological polar surface area (TPSA) is 89.5 Å². The van der Waals surface area contributed by atoms with Crippen molar-refractivity contribution in [2.75, 3.05) is 17.6 Å². The van der Waals surface area contributed by atoms with Gasteiger partial charge in [-0.1, -0.05) is 0 Å². The van der Waals surface area contributed by atoms with Gasteiger partial charge in [-0.25, -0.2) is 9.18 Å². The lowest BCUT2D eigenvalue weighted by Crippen LogP contribution is -2.53. The van der Waals surface area contributed by atoms with Gasteiger partial charge in [-0.3, -0.25) is 4.79 Å². The van der Waals surface area contributed by atoms with Gasteiger partial charge in [-0.05, 0) is 36.3 Å². The molecule has 2 rings (SSSR count). The summed E-state index contributed by atoms with van der Waals surface area (Å²) >= 11 is -1.85. The lowest BCUT2D eigenvalue weighted by atomic mass is 9.93. The summed E-state index contributed by atoms with van der Waals surface area (Å²) < 4.78 is 23.8. The smallest absolute Gasteiger partial charge is 0.353 e. The van der Waals surface area contributed by atoms with Crippen molar-refractivity contribution in [3.8, 4) is 0 Å². The molecule has 2 unspecified atom stereocenters. The molecule has 2 atom stereocenters. The van der Waals surface area contributed by atoms with E-state index in [9.17, 15) is 18.5 Å². The third-order valence-electron chi connectivity index (χ3n) is 3.08. The number of benzene rings is 1. The highest BCUT2D eigenvalue weighted by Crippen LogP contribution is 2.32. The van der Waals surface area contributed by atoms with Gasteiger partial charge in [0, 0.05) is 11.3 Å². The first-order valence-electron chi connectivity index (χ1n) is 5.53. The Morgan fingerprint density at radius 1 is 1.63 bits per heavy atom. The lowest BCUT2D eigenvalue weighted by Gasteiger charge is -2.34. The van der Waals surface area contributed by atoms with Crippen LogP contribution in [0, 0.1) is 5.82 Å². The number of hydrogen-bond donors (Lipinski definition) is 2. The Balaban J connectivity index is 2.34. The maximum Gasteiger partial charge on any atom is 0.353 e. The first kappa shape index (κ1) is 13.8. The van der Waals surface area contributed by atoms with Crippen LogP contribution in [0.3, 0.4) is 0 Å². The number of ketones is 1. The zero-order valence-corrected chi connectivity index (χ0v) is 10.9. The predicted molar refractivity (Wildman–Crippen MR) is 68.3 cm³/mol. The van der Waals surface area contributed by atoms with E-state index in [1.807, 2.05) is 0 Å². The third-order valence-corrected chi connectivity index (χ3v) is 4.92. The van der Waals surface area contributed by atoms with E-state index in [0.29, 0.717) is 5.69 Å². The number of carbonyl (C=O) groups excluding carboxylic acids is 1. The van der Waals surface area contributed by atoms with Crippen molar-refractivity contribution in [3.05, 3.63) is 29.6 Å². The number of fused-ring (bicyclic) bond motifs is 1. The molecule has 0 amide bonds. The van der Waals surface area contributed by atoms with Crippen molar-refractivity contribution in [1.82, 2.24) is 0 Å². The fourth-order valence-corrected chi connectivity index (χ4v) is 3.04. The molecule has 0 fully saturated rings. The van der Waals surface area contributed by atoms with Crippen LogP contribution in [0.25, 0.3) is 0 Å². The molecule has 0 aromatic heterocycles. The molecule has 0 bridgehead atoms. The van der Waals surface area contributed by atoms with Crippen LogP contribution in [-0.4, -0.2) is 38.5 Å². The minimum absolute atomic E-state index is 0.0160. The van der Waals surface area contributed by atoms with Crippen LogP contribution in [0.2, 0.25) is 0 Å². The van der Waals surface area contributed by atoms with Crippen molar-refractivity contribution >= 4 is 28.6 Å². The molecule has 1 aromatic carbocycles. The Labute approximate surface area is 112 Å². The molecule has 0 saturated heterocycles. The molecule has 0 aliphatic carbocycles. The van der Waals surface area contributed by atoms with Gasteiger partial charge in [0.05, 0.1) is 6.54 Å². The fraction of sp³-hybridized carbons (Fsp3) is 0.333. The molecular weight excluding hydrogens is 273 g/mol. The number of nitrogens with one attached hydrogen (secondary N) is 1. The Kier molecular flexibility index (Phi) is 3.51. The Morgan fingerprint density at radius 3 is 2.95 bits per heavy atom. The molecule has 0 radical (unpaired) electrons. The molecular formula is C12H12FNO4S. The second-order valence-electron chi connectivity index (χ2n) is 4.49. The zero-order chi connectivity index (χ0) is 14.2. The lowest BCUT2D eigenvalue weighted by molar-refractivity contribution is -0.134. The maximum atomic E-state index is 13.1. The summed E-state index contributed by atoms with van der Waals surface area (Å²) in [6.45, 7) is 1.47. The molecule has 102 valence electrons. The van der Waals surface area contributed by atoms with Gasteiger partial charge in [-0.2, -0.15) is 0 Å². The van der Waals surface area contributed by atoms with E-state index in [0.717, 1.165) is 6.07 Å². The van der Waals surface area contributed by atoms with Crippen molar-refractivity contribution in [2.45, 2.75) is 11.7 Å². The summed E-state index contributed by atoms with van der Waals surface area (Å²) in [6.07, 6.45) is 0. The van der Waals surface area contributed by atoms with Gasteiger partial charge < -0.3 is 15.0 Å². The summed E-state index contributed by atoms with van der Waals surface area (Å²) in [4.78, 5) is 22.9. The zero-order valence-electron chi connectivity index (χ0n) is 10.1. The monoisotopic (exact) mass is 285 g/mol. The van der Waals surface area contributed by atoms with E-state index in [1.54, 1.807) is 0 Å². The van der Waals surface area contributed by atoms with Crippen LogP contribution in [0.1, 0.15) is 17.3 Å². The van der Waals surface area contributed by atoms with Crippen LogP contribution in [0.15, 0.2) is 18.2 Å². The van der Waals surface area contributed by atoms with Crippen LogP contribution < -0.4 is 5.32 Å². The summed E-state index contributed by atoms with van der Waals surface area (Å²) in [5.74, 6) is -2.73. The van der Waals surface area contributed by atoms with Gasteiger partial charge in [-0.15, -0.1) is 0 Å². The van der Waals surface area contributed by atoms with Gasteiger partial charge in [0.2, 0.25) is 16.3 Å². The Bertz CT molecular complexity index is 551. The number of carbonyl (C=O) groups is 2. The number of halogens is 1. The van der Waals surface area contributed by atoms with Crippen molar-refractivity contribution in [2.24, 2.45) is 0 Å². The summed E-state index contributed by atoms with van der Waals surface area (Å²) in [5, 5.41) is 11.5. The SMILES string of the molecule is CC1([S+]([O-])CC(=O)O)CNc2cc(F)ccc2C1=O. The molecule has 2 N–H and O–H groups in total. The Morgan fingerprint density at radius 2 is 2.32 bits per heavy atom. The second-order valence-corrected chi connectivity index (χ2v) is 6.37. The first-order chi connectivity index (χ1) is 8.84. The van der Waals surface area contributed by atoms with E-state index in [2.05, 4.69) is 5.32 Å². The van der Waals surface area contributed by atoms with Gasteiger partial charge in [0.1, 0.15) is 5.82 Å². The van der Waals surface area contributed by atoms with Crippen molar-refractivity contribution in [1.29, 1.82) is 0 Å². The second kappa shape index (κ2) is 4.82. The molecule has 19 heavy (non-hydrogen) atoms. The average Bonchev–Trinajstić information content (AvgIpc) is 2.33. The largest absolute Gasteiger partial charge is 0.615 e. The highest BCUT2D eigenvalue weighted by Gasteiger charge is 2.49. The minimum Gasteiger partial charge on any atom is -0.615 e. The molecule has 0 saturated carbocycles. The van der Waals surface area contributed by atoms with Gasteiger partial charge in [0.15, 0.2) is 0 Å². The quantitative estimate of drug-likeness (QED) is 0.809. The normalized spacial score (nSPS) is 23.4. The van der Waals surface area contributed by atoms with Crippen LogP contribution >= 0.6 is 0 Å². The highest BCUT2D eigenvalue weighted by molar-refractivity contribution is 7.94. The highest BCUT2D eigenvalue weighted by atomic mass is 32.2. The number of Topliss-reactive ketones (excluding diaryl/α,β-unsaturated/α-hetero) is 1. The minimum atomic E-state index is -1.85.